The van der Waals surface area contributed by atoms with Gasteiger partial charge in [-0.15, -0.1) is 0 Å². The molecule has 0 spiro atoms. The lowest BCUT2D eigenvalue weighted by Crippen LogP contribution is -2.48. The van der Waals surface area contributed by atoms with Gasteiger partial charge in [0.05, 0.1) is 5.52 Å². The summed E-state index contributed by atoms with van der Waals surface area (Å²) in [6, 6.07) is 7.60. The fourth-order valence-corrected chi connectivity index (χ4v) is 2.40. The molecular formula is C17H23N3O3. The molecule has 1 atom stereocenters. The first-order valence-electron chi connectivity index (χ1n) is 7.45. The molecule has 0 radical (unpaired) electrons. The van der Waals surface area contributed by atoms with Crippen molar-refractivity contribution in [2.75, 3.05) is 7.05 Å². The number of carbonyl (C=O) groups excluding carboxylic acids is 2. The zero-order valence-electron chi connectivity index (χ0n) is 14.5. The summed E-state index contributed by atoms with van der Waals surface area (Å²) >= 11 is 0. The number of carbonyl (C=O) groups is 2. The van der Waals surface area contributed by atoms with Crippen molar-refractivity contribution in [3.05, 3.63) is 30.0 Å². The molecule has 1 aromatic carbocycles. The third-order valence-corrected chi connectivity index (χ3v) is 3.83. The van der Waals surface area contributed by atoms with Gasteiger partial charge in [-0.25, -0.2) is 4.79 Å². The van der Waals surface area contributed by atoms with E-state index in [1.54, 1.807) is 39.4 Å². The first kappa shape index (κ1) is 17.0. The second-order valence-electron chi connectivity index (χ2n) is 6.79. The van der Waals surface area contributed by atoms with Gasteiger partial charge in [-0.05, 0) is 33.8 Å². The molecule has 1 unspecified atom stereocenters. The van der Waals surface area contributed by atoms with E-state index in [4.69, 9.17) is 4.74 Å². The maximum Gasteiger partial charge on any atom is 0.411 e. The number of likely N-dealkylation sites (N-methyl/N-ethyl adjacent to an activating group) is 1. The minimum absolute atomic E-state index is 0.527. The van der Waals surface area contributed by atoms with Crippen LogP contribution < -0.4 is 0 Å². The standard InChI is InChI=1S/C17H23N3O3/c1-16(2,3)23-15(22)19(5)17(4,11-21)14-12-9-7-8-10-13(12)20(6)18-14/h7-11H,1-6H3. The summed E-state index contributed by atoms with van der Waals surface area (Å²) in [5, 5.41) is 5.30. The summed E-state index contributed by atoms with van der Waals surface area (Å²) in [7, 11) is 3.36. The summed E-state index contributed by atoms with van der Waals surface area (Å²) in [6.07, 6.45) is 0.160. The van der Waals surface area contributed by atoms with Crippen molar-refractivity contribution >= 4 is 23.3 Å². The summed E-state index contributed by atoms with van der Waals surface area (Å²) in [5.41, 5.74) is -0.433. The predicted octanol–water partition coefficient (Wildman–Crippen LogP) is 2.85. The summed E-state index contributed by atoms with van der Waals surface area (Å²) < 4.78 is 7.09. The Morgan fingerprint density at radius 2 is 1.87 bits per heavy atom. The second kappa shape index (κ2) is 5.68. The van der Waals surface area contributed by atoms with Crippen LogP contribution in [-0.4, -0.2) is 39.7 Å². The molecule has 0 aliphatic carbocycles. The highest BCUT2D eigenvalue weighted by Crippen LogP contribution is 2.31. The Morgan fingerprint density at radius 3 is 2.43 bits per heavy atom. The van der Waals surface area contributed by atoms with E-state index in [1.165, 1.54) is 4.90 Å². The number of hydrogen-bond acceptors (Lipinski definition) is 4. The normalized spacial score (nSPS) is 14.3. The number of rotatable bonds is 3. The van der Waals surface area contributed by atoms with E-state index in [-0.39, 0.29) is 0 Å². The number of aryl methyl sites for hydroxylation is 1. The van der Waals surface area contributed by atoms with E-state index in [1.807, 2.05) is 31.3 Å². The molecule has 0 N–H and O–H groups in total. The lowest BCUT2D eigenvalue weighted by Gasteiger charge is -2.34. The largest absolute Gasteiger partial charge is 0.444 e. The summed E-state index contributed by atoms with van der Waals surface area (Å²) in [5.74, 6) is 0. The first-order chi connectivity index (χ1) is 10.6. The summed E-state index contributed by atoms with van der Waals surface area (Å²) in [6.45, 7) is 7.02. The molecule has 0 aliphatic heterocycles. The number of para-hydroxylation sites is 1. The molecule has 0 saturated heterocycles. The van der Waals surface area contributed by atoms with E-state index < -0.39 is 17.2 Å². The van der Waals surface area contributed by atoms with E-state index in [0.29, 0.717) is 5.69 Å². The van der Waals surface area contributed by atoms with Crippen LogP contribution in [0, 0.1) is 0 Å². The number of nitrogens with zero attached hydrogens (tertiary/aromatic N) is 3. The zero-order valence-corrected chi connectivity index (χ0v) is 14.5. The third-order valence-electron chi connectivity index (χ3n) is 3.83. The predicted molar refractivity (Wildman–Crippen MR) is 88.1 cm³/mol. The Hall–Kier alpha value is -2.37. The molecule has 23 heavy (non-hydrogen) atoms. The minimum Gasteiger partial charge on any atom is -0.444 e. The van der Waals surface area contributed by atoms with Gasteiger partial charge in [0.25, 0.3) is 0 Å². The maximum absolute atomic E-state index is 12.4. The van der Waals surface area contributed by atoms with Gasteiger partial charge in [-0.2, -0.15) is 5.10 Å². The number of aromatic nitrogens is 2. The Kier molecular flexibility index (Phi) is 4.20. The van der Waals surface area contributed by atoms with Crippen molar-refractivity contribution in [1.82, 2.24) is 14.7 Å². The maximum atomic E-state index is 12.4. The molecule has 6 heteroatoms. The molecule has 0 aliphatic rings. The molecule has 2 aromatic rings. The highest BCUT2D eigenvalue weighted by atomic mass is 16.6. The Labute approximate surface area is 136 Å². The fraction of sp³-hybridized carbons (Fsp3) is 0.471. The van der Waals surface area contributed by atoms with Gasteiger partial charge in [-0.1, -0.05) is 18.2 Å². The second-order valence-corrected chi connectivity index (χ2v) is 6.79. The zero-order chi connectivity index (χ0) is 17.4. The van der Waals surface area contributed by atoms with Crippen LogP contribution in [0.25, 0.3) is 10.9 Å². The lowest BCUT2D eigenvalue weighted by atomic mass is 9.95. The quantitative estimate of drug-likeness (QED) is 0.817. The van der Waals surface area contributed by atoms with Crippen molar-refractivity contribution in [1.29, 1.82) is 0 Å². The van der Waals surface area contributed by atoms with Crippen molar-refractivity contribution in [3.8, 4) is 0 Å². The molecule has 6 nitrogen and oxygen atoms in total. The summed E-state index contributed by atoms with van der Waals surface area (Å²) in [4.78, 5) is 25.6. The van der Waals surface area contributed by atoms with Crippen molar-refractivity contribution in [2.45, 2.75) is 38.8 Å². The number of ether oxygens (including phenoxy) is 1. The number of aldehydes is 1. The van der Waals surface area contributed by atoms with Gasteiger partial charge >= 0.3 is 6.09 Å². The first-order valence-corrected chi connectivity index (χ1v) is 7.45. The van der Waals surface area contributed by atoms with Gasteiger partial charge < -0.3 is 9.53 Å². The molecule has 1 heterocycles. The number of fused-ring (bicyclic) bond motifs is 1. The topological polar surface area (TPSA) is 64.4 Å². The van der Waals surface area contributed by atoms with Crippen LogP contribution in [0.4, 0.5) is 4.79 Å². The van der Waals surface area contributed by atoms with Gasteiger partial charge in [0.1, 0.15) is 16.8 Å². The monoisotopic (exact) mass is 317 g/mol. The molecule has 0 bridgehead atoms. The van der Waals surface area contributed by atoms with E-state index in [2.05, 4.69) is 5.10 Å². The van der Waals surface area contributed by atoms with Crippen LogP contribution in [-0.2, 0) is 22.1 Å². The van der Waals surface area contributed by atoms with Crippen LogP contribution in [0.15, 0.2) is 24.3 Å². The number of amides is 1. The average molecular weight is 317 g/mol. The van der Waals surface area contributed by atoms with E-state index in [0.717, 1.165) is 17.2 Å². The SMILES string of the molecule is CN(C(=O)OC(C)(C)C)C(C)(C=O)c1nn(C)c2ccccc12. The van der Waals surface area contributed by atoms with Gasteiger partial charge in [-0.3, -0.25) is 9.58 Å². The molecule has 0 saturated carbocycles. The van der Waals surface area contributed by atoms with Gasteiger partial charge in [0.2, 0.25) is 0 Å². The smallest absolute Gasteiger partial charge is 0.411 e. The minimum atomic E-state index is -1.22. The highest BCUT2D eigenvalue weighted by molar-refractivity contribution is 5.88. The van der Waals surface area contributed by atoms with Crippen molar-refractivity contribution < 1.29 is 14.3 Å². The molecular weight excluding hydrogens is 294 g/mol. The molecule has 0 fully saturated rings. The number of hydrogen-bond donors (Lipinski definition) is 0. The average Bonchev–Trinajstić information content (AvgIpc) is 2.82. The van der Waals surface area contributed by atoms with Gasteiger partial charge in [0, 0.05) is 19.5 Å². The van der Waals surface area contributed by atoms with Crippen LogP contribution in [0.3, 0.4) is 0 Å². The van der Waals surface area contributed by atoms with E-state index >= 15 is 0 Å². The molecule has 1 aromatic heterocycles. The van der Waals surface area contributed by atoms with Crippen LogP contribution in [0.1, 0.15) is 33.4 Å². The lowest BCUT2D eigenvalue weighted by molar-refractivity contribution is -0.117. The highest BCUT2D eigenvalue weighted by Gasteiger charge is 2.40. The Morgan fingerprint density at radius 1 is 1.26 bits per heavy atom. The van der Waals surface area contributed by atoms with Crippen LogP contribution in [0.5, 0.6) is 0 Å². The van der Waals surface area contributed by atoms with Crippen molar-refractivity contribution in [2.24, 2.45) is 7.05 Å². The van der Waals surface area contributed by atoms with Crippen LogP contribution in [0.2, 0.25) is 0 Å². The van der Waals surface area contributed by atoms with Gasteiger partial charge in [0.15, 0.2) is 6.29 Å². The Balaban J connectivity index is 2.51. The molecule has 124 valence electrons. The van der Waals surface area contributed by atoms with E-state index in [9.17, 15) is 9.59 Å². The number of benzene rings is 1. The molecule has 1 amide bonds. The van der Waals surface area contributed by atoms with Crippen molar-refractivity contribution in [3.63, 3.8) is 0 Å². The third kappa shape index (κ3) is 3.06. The molecule has 2 rings (SSSR count). The van der Waals surface area contributed by atoms with Crippen LogP contribution >= 0.6 is 0 Å². The Bertz CT molecular complexity index is 745. The fourth-order valence-electron chi connectivity index (χ4n) is 2.40.